The minimum Gasteiger partial charge on any atom is -0.383 e. The molecule has 1 heterocycles. The topological polar surface area (TPSA) is 78.0 Å². The zero-order valence-electron chi connectivity index (χ0n) is 14.2. The maximum absolute atomic E-state index is 11.9. The molecule has 0 fully saturated rings. The number of hydrogen-bond donors (Lipinski definition) is 1. The van der Waals surface area contributed by atoms with Gasteiger partial charge in [-0.15, -0.1) is 0 Å². The number of nitrogens with zero attached hydrogens (tertiary/aromatic N) is 2. The van der Waals surface area contributed by atoms with Gasteiger partial charge in [0.15, 0.2) is 0 Å². The van der Waals surface area contributed by atoms with Gasteiger partial charge in [0.25, 0.3) is 0 Å². The minimum atomic E-state index is -0.593. The van der Waals surface area contributed by atoms with Gasteiger partial charge in [0.1, 0.15) is 5.82 Å². The van der Waals surface area contributed by atoms with Crippen molar-refractivity contribution in [1.82, 2.24) is 9.55 Å². The Morgan fingerprint density at radius 1 is 1.13 bits per heavy atom. The molecule has 23 heavy (non-hydrogen) atoms. The van der Waals surface area contributed by atoms with Crippen molar-refractivity contribution in [2.45, 2.75) is 71.1 Å². The smallest absolute Gasteiger partial charge is 0.356 e. The van der Waals surface area contributed by atoms with Gasteiger partial charge in [0.05, 0.1) is 0 Å². The van der Waals surface area contributed by atoms with Crippen LogP contribution in [0.4, 0.5) is 5.82 Å². The predicted octanol–water partition coefficient (Wildman–Crippen LogP) is 3.94. The molecule has 0 amide bonds. The van der Waals surface area contributed by atoms with Crippen LogP contribution in [0, 0.1) is 0 Å². The zero-order chi connectivity index (χ0) is 16.9. The highest BCUT2D eigenvalue weighted by Gasteiger charge is 2.07. The third-order valence-electron chi connectivity index (χ3n) is 3.75. The Morgan fingerprint density at radius 2 is 1.78 bits per heavy atom. The number of rotatable bonds is 11. The highest BCUT2D eigenvalue weighted by atomic mass is 16.2. The summed E-state index contributed by atoms with van der Waals surface area (Å²) in [6.07, 6.45) is 16.6. The van der Waals surface area contributed by atoms with Gasteiger partial charge in [0, 0.05) is 12.6 Å². The van der Waals surface area contributed by atoms with Crippen molar-refractivity contribution in [2.24, 2.45) is 0 Å². The van der Waals surface area contributed by atoms with Gasteiger partial charge in [-0.2, -0.15) is 4.98 Å². The van der Waals surface area contributed by atoms with Crippen molar-refractivity contribution >= 4 is 11.7 Å². The summed E-state index contributed by atoms with van der Waals surface area (Å²) >= 11 is 0. The molecule has 0 unspecified atom stereocenters. The van der Waals surface area contributed by atoms with Crippen LogP contribution in [0.5, 0.6) is 0 Å². The van der Waals surface area contributed by atoms with E-state index in [1.807, 2.05) is 0 Å². The molecule has 2 N–H and O–H groups in total. The van der Waals surface area contributed by atoms with E-state index in [1.54, 1.807) is 0 Å². The van der Waals surface area contributed by atoms with Crippen molar-refractivity contribution in [1.29, 1.82) is 0 Å². The predicted molar refractivity (Wildman–Crippen MR) is 94.5 cm³/mol. The van der Waals surface area contributed by atoms with Gasteiger partial charge >= 0.3 is 5.69 Å². The average molecular weight is 319 g/mol. The first-order chi connectivity index (χ1) is 11.1. The van der Waals surface area contributed by atoms with Crippen LogP contribution in [-0.2, 0) is 0 Å². The van der Waals surface area contributed by atoms with Crippen LogP contribution in [0.3, 0.4) is 0 Å². The molecule has 5 nitrogen and oxygen atoms in total. The van der Waals surface area contributed by atoms with Gasteiger partial charge in [-0.1, -0.05) is 51.2 Å². The summed E-state index contributed by atoms with van der Waals surface area (Å²) in [6, 6.07) is 1.47. The van der Waals surface area contributed by atoms with Crippen molar-refractivity contribution in [3.63, 3.8) is 0 Å². The molecule has 128 valence electrons. The first-order valence-electron chi connectivity index (χ1n) is 8.68. The number of unbranched alkanes of at least 4 members (excludes halogenated alkanes) is 7. The lowest BCUT2D eigenvalue weighted by atomic mass is 10.1. The number of nitrogen functional groups attached to an aromatic ring is 1. The lowest BCUT2D eigenvalue weighted by Gasteiger charge is -2.04. The Balaban J connectivity index is 2.07. The van der Waals surface area contributed by atoms with Crippen molar-refractivity contribution in [3.8, 4) is 0 Å². The third-order valence-corrected chi connectivity index (χ3v) is 3.75. The first-order valence-corrected chi connectivity index (χ1v) is 8.68. The largest absolute Gasteiger partial charge is 0.383 e. The third kappa shape index (κ3) is 8.33. The number of nitrogens with two attached hydrogens (primary N) is 1. The fourth-order valence-corrected chi connectivity index (χ4v) is 2.35. The molecule has 1 aromatic rings. The Labute approximate surface area is 138 Å². The summed E-state index contributed by atoms with van der Waals surface area (Å²) in [4.78, 5) is 27.0. The number of carbonyl (C=O) groups is 1. The molecule has 0 aliphatic carbocycles. The molecule has 0 radical (unpaired) electrons. The van der Waals surface area contributed by atoms with Gasteiger partial charge in [0.2, 0.25) is 5.91 Å². The molecule has 0 atom stereocenters. The summed E-state index contributed by atoms with van der Waals surface area (Å²) in [6.45, 7) is 2.21. The second-order valence-electron chi connectivity index (χ2n) is 5.82. The highest BCUT2D eigenvalue weighted by molar-refractivity contribution is 5.78. The summed E-state index contributed by atoms with van der Waals surface area (Å²) in [5, 5.41) is 0. The van der Waals surface area contributed by atoms with Crippen molar-refractivity contribution in [2.75, 3.05) is 5.73 Å². The van der Waals surface area contributed by atoms with E-state index in [1.165, 1.54) is 44.4 Å². The average Bonchev–Trinajstić information content (AvgIpc) is 2.52. The second-order valence-corrected chi connectivity index (χ2v) is 5.82. The number of carbonyl (C=O) groups excluding carboxylic acids is 1. The molecule has 0 saturated carbocycles. The number of anilines is 1. The molecule has 0 aliphatic heterocycles. The van der Waals surface area contributed by atoms with E-state index in [0.717, 1.165) is 30.3 Å². The molecule has 0 bridgehead atoms. The van der Waals surface area contributed by atoms with E-state index in [4.69, 9.17) is 5.73 Å². The van der Waals surface area contributed by atoms with Crippen LogP contribution in [0.15, 0.2) is 29.2 Å². The molecular weight excluding hydrogens is 290 g/mol. The zero-order valence-corrected chi connectivity index (χ0v) is 14.2. The quantitative estimate of drug-likeness (QED) is 0.495. The molecule has 0 spiro atoms. The SMILES string of the molecule is CCCCC=CCCCCCCCC(=O)n1ccc(N)nc1=O. The molecular formula is C18H29N3O2. The molecule has 1 aromatic heterocycles. The lowest BCUT2D eigenvalue weighted by molar-refractivity contribution is 0.0893. The van der Waals surface area contributed by atoms with E-state index < -0.39 is 5.69 Å². The molecule has 0 saturated heterocycles. The Morgan fingerprint density at radius 3 is 2.48 bits per heavy atom. The number of hydrogen-bond acceptors (Lipinski definition) is 4. The van der Waals surface area contributed by atoms with Gasteiger partial charge < -0.3 is 5.73 Å². The normalized spacial score (nSPS) is 11.2. The minimum absolute atomic E-state index is 0.141. The molecule has 0 aromatic carbocycles. The summed E-state index contributed by atoms with van der Waals surface area (Å²) in [5.74, 6) is -0.0656. The van der Waals surface area contributed by atoms with Crippen molar-refractivity contribution < 1.29 is 4.79 Å². The maximum atomic E-state index is 11.9. The van der Waals surface area contributed by atoms with E-state index in [0.29, 0.717) is 6.42 Å². The van der Waals surface area contributed by atoms with Crippen LogP contribution >= 0.6 is 0 Å². The van der Waals surface area contributed by atoms with Gasteiger partial charge in [-0.05, 0) is 31.7 Å². The fraction of sp³-hybridized carbons (Fsp3) is 0.611. The van der Waals surface area contributed by atoms with Gasteiger partial charge in [-0.3, -0.25) is 4.79 Å². The lowest BCUT2D eigenvalue weighted by Crippen LogP contribution is -2.28. The van der Waals surface area contributed by atoms with Crippen LogP contribution < -0.4 is 11.4 Å². The molecule has 0 aliphatic rings. The summed E-state index contributed by atoms with van der Waals surface area (Å²) in [7, 11) is 0. The van der Waals surface area contributed by atoms with Crippen molar-refractivity contribution in [3.05, 3.63) is 34.9 Å². The van der Waals surface area contributed by atoms with Gasteiger partial charge in [-0.25, -0.2) is 9.36 Å². The number of allylic oxidation sites excluding steroid dienone is 2. The Hall–Kier alpha value is -1.91. The van der Waals surface area contributed by atoms with Crippen LogP contribution in [0.25, 0.3) is 0 Å². The Bertz CT molecular complexity index is 549. The molecule has 5 heteroatoms. The second kappa shape index (κ2) is 11.6. The van der Waals surface area contributed by atoms with E-state index in [9.17, 15) is 9.59 Å². The first kappa shape index (κ1) is 19.1. The summed E-state index contributed by atoms with van der Waals surface area (Å²) in [5.41, 5.74) is 4.81. The standard InChI is InChI=1S/C18H29N3O2/c1-2-3-4-5-6-7-8-9-10-11-12-13-17(22)21-15-14-16(19)20-18(21)23/h5-6,14-15H,2-4,7-13H2,1H3,(H2,19,20,23). The van der Waals surface area contributed by atoms with Crippen LogP contribution in [0.1, 0.15) is 75.9 Å². The van der Waals surface area contributed by atoms with E-state index in [-0.39, 0.29) is 11.7 Å². The Kier molecular flexibility index (Phi) is 9.68. The maximum Gasteiger partial charge on any atom is 0.356 e. The fourth-order valence-electron chi connectivity index (χ4n) is 2.35. The van der Waals surface area contributed by atoms with Crippen LogP contribution in [-0.4, -0.2) is 15.5 Å². The van der Waals surface area contributed by atoms with E-state index in [2.05, 4.69) is 24.1 Å². The highest BCUT2D eigenvalue weighted by Crippen LogP contribution is 2.09. The number of aromatic nitrogens is 2. The van der Waals surface area contributed by atoms with Crippen LogP contribution in [0.2, 0.25) is 0 Å². The molecule has 1 rings (SSSR count). The van der Waals surface area contributed by atoms with E-state index >= 15 is 0 Å². The monoisotopic (exact) mass is 319 g/mol. The summed E-state index contributed by atoms with van der Waals surface area (Å²) < 4.78 is 1.04.